The first-order valence-electron chi connectivity index (χ1n) is 14.0. The second-order valence-electron chi connectivity index (χ2n) is 11.1. The van der Waals surface area contributed by atoms with E-state index < -0.39 is 29.7 Å². The molecule has 2 atom stereocenters. The summed E-state index contributed by atoms with van der Waals surface area (Å²) < 4.78 is 33.5. The number of amides is 1. The molecule has 41 heavy (non-hydrogen) atoms. The summed E-state index contributed by atoms with van der Waals surface area (Å²) in [5.74, 6) is -1.92. The second kappa shape index (κ2) is 14.8. The molecule has 0 saturated carbocycles. The van der Waals surface area contributed by atoms with Gasteiger partial charge in [-0.1, -0.05) is 45.0 Å². The highest BCUT2D eigenvalue weighted by molar-refractivity contribution is 5.98. The molecule has 0 aliphatic heterocycles. The predicted octanol–water partition coefficient (Wildman–Crippen LogP) is 5.45. The van der Waals surface area contributed by atoms with E-state index in [2.05, 4.69) is 24.4 Å². The number of hydrogen-bond donors (Lipinski definition) is 2. The van der Waals surface area contributed by atoms with Crippen LogP contribution >= 0.6 is 0 Å². The van der Waals surface area contributed by atoms with Crippen molar-refractivity contribution in [2.45, 2.75) is 59.2 Å². The number of ether oxygens (including phenoxy) is 1. The maximum Gasteiger partial charge on any atom is 0.338 e. The van der Waals surface area contributed by atoms with Crippen LogP contribution in [0.4, 0.5) is 8.78 Å². The lowest BCUT2D eigenvalue weighted by atomic mass is 10.0. The number of carbonyl (C=O) groups excluding carboxylic acids is 2. The molecule has 0 fully saturated rings. The third kappa shape index (κ3) is 9.76. The van der Waals surface area contributed by atoms with Crippen LogP contribution in [0.25, 0.3) is 0 Å². The zero-order valence-corrected chi connectivity index (χ0v) is 24.5. The normalized spacial score (nSPS) is 12.7. The zero-order chi connectivity index (χ0) is 30.1. The maximum atomic E-state index is 13.8. The van der Waals surface area contributed by atoms with Gasteiger partial charge in [-0.25, -0.2) is 13.6 Å². The van der Waals surface area contributed by atoms with Crippen molar-refractivity contribution < 1.29 is 23.1 Å². The van der Waals surface area contributed by atoms with Crippen LogP contribution in [0.5, 0.6) is 0 Å². The summed E-state index contributed by atoms with van der Waals surface area (Å²) >= 11 is 0. The number of esters is 1. The molecule has 8 heteroatoms. The Kier molecular flexibility index (Phi) is 11.6. The number of nitrogens with one attached hydrogen (secondary N) is 1. The van der Waals surface area contributed by atoms with Crippen LogP contribution in [0.1, 0.15) is 63.7 Å². The zero-order valence-electron chi connectivity index (χ0n) is 24.5. The highest BCUT2D eigenvalue weighted by atomic mass is 19.1. The van der Waals surface area contributed by atoms with Crippen LogP contribution in [-0.2, 0) is 24.1 Å². The summed E-state index contributed by atoms with van der Waals surface area (Å²) in [5.41, 5.74) is 10.5. The lowest BCUT2D eigenvalue weighted by Crippen LogP contribution is -2.46. The average Bonchev–Trinajstić information content (AvgIpc) is 2.90. The molecule has 0 saturated heterocycles. The minimum atomic E-state index is -0.813. The number of carbonyl (C=O) groups is 2. The van der Waals surface area contributed by atoms with Crippen molar-refractivity contribution in [1.82, 2.24) is 10.2 Å². The van der Waals surface area contributed by atoms with Crippen molar-refractivity contribution in [3.05, 3.63) is 106 Å². The molecule has 0 radical (unpaired) electrons. The average molecular weight is 566 g/mol. The molecule has 0 bridgehead atoms. The second-order valence-corrected chi connectivity index (χ2v) is 11.1. The van der Waals surface area contributed by atoms with Crippen LogP contribution in [0, 0.1) is 24.5 Å². The third-order valence-electron chi connectivity index (χ3n) is 6.75. The number of nitrogens with zero attached hydrogens (tertiary/aromatic N) is 1. The Morgan fingerprint density at radius 3 is 2.27 bits per heavy atom. The summed E-state index contributed by atoms with van der Waals surface area (Å²) in [6.45, 7) is 9.27. The molecule has 0 spiro atoms. The van der Waals surface area contributed by atoms with E-state index in [1.165, 1.54) is 23.8 Å². The highest BCUT2D eigenvalue weighted by Crippen LogP contribution is 2.17. The van der Waals surface area contributed by atoms with E-state index in [0.29, 0.717) is 30.1 Å². The molecule has 0 unspecified atom stereocenters. The Labute approximate surface area is 241 Å². The van der Waals surface area contributed by atoms with E-state index in [-0.39, 0.29) is 24.4 Å². The van der Waals surface area contributed by atoms with Crippen molar-refractivity contribution in [1.29, 1.82) is 0 Å². The molecule has 220 valence electrons. The van der Waals surface area contributed by atoms with Gasteiger partial charge in [-0.05, 0) is 78.3 Å². The van der Waals surface area contributed by atoms with Crippen LogP contribution in [0.15, 0.2) is 60.7 Å². The molecule has 1 amide bonds. The number of nitrogens with two attached hydrogens (primary N) is 1. The Hall–Kier alpha value is -3.62. The van der Waals surface area contributed by atoms with Gasteiger partial charge in [-0.3, -0.25) is 4.79 Å². The van der Waals surface area contributed by atoms with Gasteiger partial charge < -0.3 is 20.7 Å². The fourth-order valence-electron chi connectivity index (χ4n) is 4.81. The first-order valence-corrected chi connectivity index (χ1v) is 14.0. The van der Waals surface area contributed by atoms with E-state index in [1.807, 2.05) is 32.9 Å². The summed E-state index contributed by atoms with van der Waals surface area (Å²) in [4.78, 5) is 28.0. The maximum absolute atomic E-state index is 13.8. The summed E-state index contributed by atoms with van der Waals surface area (Å²) in [5, 5.41) is 3.31. The fourth-order valence-corrected chi connectivity index (χ4v) is 4.81. The first-order chi connectivity index (χ1) is 19.4. The quantitative estimate of drug-likeness (QED) is 0.269. The standard InChI is InChI=1S/C33H41F2N3O3/c1-6-23-8-7-9-24(12-23)18-37-19-31(30(36)15-25-13-28(34)17-29(35)14-25)41-33(40)27-11-22(4)10-26(16-27)32(39)38(5)20-21(2)3/h7-14,16-17,21,30-31,37H,6,15,18-20,36H2,1-5H3/t30-,31+/m0/s1. The van der Waals surface area contributed by atoms with Gasteiger partial charge in [0.15, 0.2) is 0 Å². The van der Waals surface area contributed by atoms with Crippen LogP contribution in [0.3, 0.4) is 0 Å². The van der Waals surface area contributed by atoms with Gasteiger partial charge in [0.1, 0.15) is 17.7 Å². The summed E-state index contributed by atoms with van der Waals surface area (Å²) in [6.07, 6.45) is 0.195. The molecular formula is C33H41F2N3O3. The number of hydrogen-bond acceptors (Lipinski definition) is 5. The van der Waals surface area contributed by atoms with Crippen LogP contribution in [0.2, 0.25) is 0 Å². The minimum Gasteiger partial charge on any atom is -0.456 e. The van der Waals surface area contributed by atoms with Gasteiger partial charge in [-0.15, -0.1) is 0 Å². The number of rotatable bonds is 13. The Bertz CT molecular complexity index is 1320. The van der Waals surface area contributed by atoms with Crippen LogP contribution < -0.4 is 11.1 Å². The molecule has 0 aromatic heterocycles. The predicted molar refractivity (Wildman–Crippen MR) is 158 cm³/mol. The first kappa shape index (κ1) is 31.9. The molecule has 0 aliphatic rings. The lowest BCUT2D eigenvalue weighted by molar-refractivity contribution is 0.0238. The van der Waals surface area contributed by atoms with Gasteiger partial charge in [0.25, 0.3) is 5.91 Å². The van der Waals surface area contributed by atoms with Crippen molar-refractivity contribution in [2.75, 3.05) is 20.1 Å². The molecule has 3 rings (SSSR count). The number of aryl methyl sites for hydroxylation is 2. The molecular weight excluding hydrogens is 524 g/mol. The topological polar surface area (TPSA) is 84.7 Å². The molecule has 3 N–H and O–H groups in total. The fraction of sp³-hybridized carbons (Fsp3) is 0.394. The summed E-state index contributed by atoms with van der Waals surface area (Å²) in [6, 6.07) is 15.6. The molecule has 3 aromatic rings. The minimum absolute atomic E-state index is 0.0944. The van der Waals surface area contributed by atoms with Crippen molar-refractivity contribution in [2.24, 2.45) is 11.7 Å². The van der Waals surface area contributed by atoms with Crippen molar-refractivity contribution in [3.63, 3.8) is 0 Å². The van der Waals surface area contributed by atoms with E-state index in [0.717, 1.165) is 23.6 Å². The third-order valence-corrected chi connectivity index (χ3v) is 6.75. The van der Waals surface area contributed by atoms with E-state index >= 15 is 0 Å². The van der Waals surface area contributed by atoms with Gasteiger partial charge >= 0.3 is 5.97 Å². The van der Waals surface area contributed by atoms with E-state index in [9.17, 15) is 18.4 Å². The Morgan fingerprint density at radius 1 is 0.951 bits per heavy atom. The Morgan fingerprint density at radius 2 is 1.61 bits per heavy atom. The van der Waals surface area contributed by atoms with E-state index in [1.54, 1.807) is 24.1 Å². The molecule has 6 nitrogen and oxygen atoms in total. The van der Waals surface area contributed by atoms with E-state index in [4.69, 9.17) is 10.5 Å². The molecule has 3 aromatic carbocycles. The van der Waals surface area contributed by atoms with Crippen molar-refractivity contribution in [3.8, 4) is 0 Å². The van der Waals surface area contributed by atoms with Crippen molar-refractivity contribution >= 4 is 11.9 Å². The highest BCUT2D eigenvalue weighted by Gasteiger charge is 2.25. The SMILES string of the molecule is CCc1cccc(CNC[C@@H](OC(=O)c2cc(C)cc(C(=O)N(C)CC(C)C)c2)[C@@H](N)Cc2cc(F)cc(F)c2)c1. The van der Waals surface area contributed by atoms with Gasteiger partial charge in [0, 0.05) is 44.4 Å². The molecule has 0 aliphatic carbocycles. The number of benzene rings is 3. The van der Waals surface area contributed by atoms with Crippen LogP contribution in [-0.4, -0.2) is 49.1 Å². The van der Waals surface area contributed by atoms with Gasteiger partial charge in [0.05, 0.1) is 5.56 Å². The summed E-state index contributed by atoms with van der Waals surface area (Å²) in [7, 11) is 1.73. The Balaban J connectivity index is 1.80. The lowest BCUT2D eigenvalue weighted by Gasteiger charge is -2.25. The number of halogens is 2. The molecule has 0 heterocycles. The monoisotopic (exact) mass is 565 g/mol. The smallest absolute Gasteiger partial charge is 0.338 e. The largest absolute Gasteiger partial charge is 0.456 e. The van der Waals surface area contributed by atoms with Gasteiger partial charge in [0.2, 0.25) is 0 Å². The van der Waals surface area contributed by atoms with Gasteiger partial charge in [-0.2, -0.15) is 0 Å².